The number of hydrazine groups is 1. The molecule has 0 radical (unpaired) electrons. The Bertz CT molecular complexity index is 1100. The van der Waals surface area contributed by atoms with Crippen LogP contribution in [0.5, 0.6) is 0 Å². The molecule has 0 saturated heterocycles. The second-order valence-electron chi connectivity index (χ2n) is 5.85. The summed E-state index contributed by atoms with van der Waals surface area (Å²) < 4.78 is 1.48. The number of fused-ring (bicyclic) bond motifs is 1. The minimum atomic E-state index is -0.305. The van der Waals surface area contributed by atoms with E-state index in [0.29, 0.717) is 38.4 Å². The summed E-state index contributed by atoms with van der Waals surface area (Å²) in [5, 5.41) is 4.65. The molecule has 0 aliphatic heterocycles. The van der Waals surface area contributed by atoms with Crippen molar-refractivity contribution in [3.05, 3.63) is 63.9 Å². The van der Waals surface area contributed by atoms with Gasteiger partial charge in [-0.3, -0.25) is 25.0 Å². The second kappa shape index (κ2) is 9.73. The van der Waals surface area contributed by atoms with Crippen molar-refractivity contribution < 1.29 is 4.79 Å². The molecule has 0 fully saturated rings. The van der Waals surface area contributed by atoms with E-state index in [1.165, 1.54) is 4.57 Å². The summed E-state index contributed by atoms with van der Waals surface area (Å²) >= 11 is 12.1. The molecule has 1 aromatic heterocycles. The lowest BCUT2D eigenvalue weighted by Crippen LogP contribution is -2.47. The molecule has 29 heavy (non-hydrogen) atoms. The molecule has 0 saturated carbocycles. The van der Waals surface area contributed by atoms with Crippen molar-refractivity contribution in [2.24, 2.45) is 0 Å². The number of halogens is 1. The van der Waals surface area contributed by atoms with Crippen LogP contribution in [0.15, 0.2) is 58.5 Å². The number of thioether (sulfide) groups is 1. The fourth-order valence-electron chi connectivity index (χ4n) is 2.52. The summed E-state index contributed by atoms with van der Waals surface area (Å²) in [7, 11) is 0. The van der Waals surface area contributed by atoms with Crippen LogP contribution in [0.25, 0.3) is 16.6 Å². The molecule has 1 heterocycles. The lowest BCUT2D eigenvalue weighted by Gasteiger charge is -2.14. The average molecular weight is 448 g/mol. The van der Waals surface area contributed by atoms with Gasteiger partial charge in [-0.1, -0.05) is 35.5 Å². The fourth-order valence-corrected chi connectivity index (χ4v) is 3.66. The molecule has 0 aliphatic rings. The van der Waals surface area contributed by atoms with E-state index in [1.54, 1.807) is 42.5 Å². The van der Waals surface area contributed by atoms with Gasteiger partial charge in [-0.15, -0.1) is 0 Å². The minimum Gasteiger partial charge on any atom is -0.362 e. The zero-order valence-corrected chi connectivity index (χ0v) is 17.8. The SMILES string of the molecule is CCNC(=S)NNC(=O)CSc1nc2ccccc2c(=O)n1-c1ccc(Cl)cc1. The Hall–Kier alpha value is -2.62. The van der Waals surface area contributed by atoms with E-state index in [-0.39, 0.29) is 17.2 Å². The number of nitrogens with zero attached hydrogens (tertiary/aromatic N) is 2. The molecule has 3 aromatic rings. The summed E-state index contributed by atoms with van der Waals surface area (Å²) in [4.78, 5) is 29.8. The van der Waals surface area contributed by atoms with Crippen LogP contribution in [0.2, 0.25) is 5.02 Å². The summed E-state index contributed by atoms with van der Waals surface area (Å²) in [6.45, 7) is 2.54. The van der Waals surface area contributed by atoms with Crippen molar-refractivity contribution >= 4 is 57.5 Å². The highest BCUT2D eigenvalue weighted by Crippen LogP contribution is 2.22. The van der Waals surface area contributed by atoms with Crippen molar-refractivity contribution in [3.8, 4) is 5.69 Å². The number of aromatic nitrogens is 2. The average Bonchev–Trinajstić information content (AvgIpc) is 2.72. The lowest BCUT2D eigenvalue weighted by atomic mass is 10.2. The highest BCUT2D eigenvalue weighted by atomic mass is 35.5. The van der Waals surface area contributed by atoms with Crippen molar-refractivity contribution in [2.75, 3.05) is 12.3 Å². The maximum absolute atomic E-state index is 13.1. The van der Waals surface area contributed by atoms with Gasteiger partial charge in [0.1, 0.15) is 0 Å². The van der Waals surface area contributed by atoms with Gasteiger partial charge in [-0.2, -0.15) is 0 Å². The van der Waals surface area contributed by atoms with E-state index in [9.17, 15) is 9.59 Å². The van der Waals surface area contributed by atoms with Crippen LogP contribution in [0.4, 0.5) is 0 Å². The maximum atomic E-state index is 13.1. The Morgan fingerprint density at radius 2 is 1.90 bits per heavy atom. The number of thiocarbonyl (C=S) groups is 1. The van der Waals surface area contributed by atoms with E-state index >= 15 is 0 Å². The van der Waals surface area contributed by atoms with E-state index < -0.39 is 0 Å². The Kier molecular flexibility index (Phi) is 7.08. The van der Waals surface area contributed by atoms with E-state index in [1.807, 2.05) is 13.0 Å². The second-order valence-corrected chi connectivity index (χ2v) is 7.64. The monoisotopic (exact) mass is 447 g/mol. The van der Waals surface area contributed by atoms with Crippen LogP contribution >= 0.6 is 35.6 Å². The normalized spacial score (nSPS) is 10.6. The Morgan fingerprint density at radius 1 is 1.17 bits per heavy atom. The van der Waals surface area contributed by atoms with Crippen molar-refractivity contribution in [1.82, 2.24) is 25.7 Å². The molecule has 0 bridgehead atoms. The van der Waals surface area contributed by atoms with E-state index in [2.05, 4.69) is 21.2 Å². The van der Waals surface area contributed by atoms with Gasteiger partial charge in [0.15, 0.2) is 10.3 Å². The van der Waals surface area contributed by atoms with Crippen LogP contribution < -0.4 is 21.7 Å². The number of hydrogen-bond acceptors (Lipinski definition) is 5. The first kappa shape index (κ1) is 21.1. The number of hydrogen-bond donors (Lipinski definition) is 3. The first-order valence-electron chi connectivity index (χ1n) is 8.73. The summed E-state index contributed by atoms with van der Waals surface area (Å²) in [5.74, 6) is -0.263. The van der Waals surface area contributed by atoms with Crippen LogP contribution in [0.1, 0.15) is 6.92 Å². The lowest BCUT2D eigenvalue weighted by molar-refractivity contribution is -0.119. The van der Waals surface area contributed by atoms with Crippen molar-refractivity contribution in [2.45, 2.75) is 12.1 Å². The molecule has 1 amide bonds. The van der Waals surface area contributed by atoms with E-state index in [4.69, 9.17) is 23.8 Å². The minimum absolute atomic E-state index is 0.0418. The topological polar surface area (TPSA) is 88.1 Å². The molecular weight excluding hydrogens is 430 g/mol. The standard InChI is InChI=1S/C19H18ClN5O2S2/c1-2-21-18(28)24-23-16(26)11-29-19-22-15-6-4-3-5-14(15)17(27)25(19)13-9-7-12(20)8-10-13/h3-10H,2,11H2,1H3,(H,23,26)(H2,21,24,28). The van der Waals surface area contributed by atoms with Gasteiger partial charge in [0.25, 0.3) is 5.56 Å². The number of carbonyl (C=O) groups excluding carboxylic acids is 1. The van der Waals surface area contributed by atoms with Crippen LogP contribution in [0.3, 0.4) is 0 Å². The maximum Gasteiger partial charge on any atom is 0.266 e. The molecule has 0 aliphatic carbocycles. The number of benzene rings is 2. The summed E-state index contributed by atoms with van der Waals surface area (Å²) in [6, 6.07) is 14.0. The number of carbonyl (C=O) groups is 1. The highest BCUT2D eigenvalue weighted by molar-refractivity contribution is 7.99. The number of rotatable bonds is 5. The van der Waals surface area contributed by atoms with Gasteiger partial charge < -0.3 is 5.32 Å². The third-order valence-electron chi connectivity index (χ3n) is 3.81. The predicted molar refractivity (Wildman–Crippen MR) is 121 cm³/mol. The molecule has 10 heteroatoms. The quantitative estimate of drug-likeness (QED) is 0.240. The third kappa shape index (κ3) is 5.26. The van der Waals surface area contributed by atoms with Crippen LogP contribution in [-0.2, 0) is 4.79 Å². The Balaban J connectivity index is 1.89. The number of nitrogens with one attached hydrogen (secondary N) is 3. The molecule has 0 atom stereocenters. The first-order chi connectivity index (χ1) is 14.0. The molecule has 150 valence electrons. The van der Waals surface area contributed by atoms with Crippen molar-refractivity contribution in [3.63, 3.8) is 0 Å². The Morgan fingerprint density at radius 3 is 2.62 bits per heavy atom. The fraction of sp³-hybridized carbons (Fsp3) is 0.158. The van der Waals surface area contributed by atoms with Crippen molar-refractivity contribution in [1.29, 1.82) is 0 Å². The molecule has 0 unspecified atom stereocenters. The zero-order chi connectivity index (χ0) is 20.8. The molecular formula is C19H18ClN5O2S2. The molecule has 7 nitrogen and oxygen atoms in total. The van der Waals surface area contributed by atoms with Crippen LogP contribution in [-0.4, -0.2) is 32.9 Å². The molecule has 0 spiro atoms. The zero-order valence-electron chi connectivity index (χ0n) is 15.4. The summed E-state index contributed by atoms with van der Waals surface area (Å²) in [5.41, 5.74) is 6.10. The predicted octanol–water partition coefficient (Wildman–Crippen LogP) is 2.65. The number of para-hydroxylation sites is 1. The molecule has 3 rings (SSSR count). The van der Waals surface area contributed by atoms with Gasteiger partial charge in [-0.25, -0.2) is 4.98 Å². The third-order valence-corrected chi connectivity index (χ3v) is 5.25. The van der Waals surface area contributed by atoms with Crippen LogP contribution in [0, 0.1) is 0 Å². The largest absolute Gasteiger partial charge is 0.362 e. The molecule has 2 aromatic carbocycles. The van der Waals surface area contributed by atoms with E-state index in [0.717, 1.165) is 11.8 Å². The number of amides is 1. The highest BCUT2D eigenvalue weighted by Gasteiger charge is 2.15. The van der Waals surface area contributed by atoms with Gasteiger partial charge in [0.05, 0.1) is 22.3 Å². The summed E-state index contributed by atoms with van der Waals surface area (Å²) in [6.07, 6.45) is 0. The van der Waals surface area contributed by atoms with Gasteiger partial charge in [-0.05, 0) is 55.5 Å². The Labute approximate surface area is 181 Å². The molecule has 3 N–H and O–H groups in total. The van der Waals surface area contributed by atoms with Gasteiger partial charge in [0, 0.05) is 11.6 Å². The van der Waals surface area contributed by atoms with Gasteiger partial charge >= 0.3 is 0 Å². The smallest absolute Gasteiger partial charge is 0.266 e. The first-order valence-corrected chi connectivity index (χ1v) is 10.5. The van der Waals surface area contributed by atoms with Gasteiger partial charge in [0.2, 0.25) is 5.91 Å².